The van der Waals surface area contributed by atoms with Gasteiger partial charge in [-0.2, -0.15) is 0 Å². The molecule has 4 nitrogen and oxygen atoms in total. The van der Waals surface area contributed by atoms with Gasteiger partial charge in [0.1, 0.15) is 0 Å². The number of aryl methyl sites for hydroxylation is 1. The van der Waals surface area contributed by atoms with Crippen LogP contribution in [0.3, 0.4) is 0 Å². The van der Waals surface area contributed by atoms with Gasteiger partial charge in [0.05, 0.1) is 28.8 Å². The predicted molar refractivity (Wildman–Crippen MR) is 70.1 cm³/mol. The minimum absolute atomic E-state index is 0.544. The van der Waals surface area contributed by atoms with Crippen molar-refractivity contribution in [3.05, 3.63) is 40.3 Å². The van der Waals surface area contributed by atoms with Gasteiger partial charge in [-0.05, 0) is 18.6 Å². The van der Waals surface area contributed by atoms with Gasteiger partial charge in [-0.15, -0.1) is 11.3 Å². The maximum atomic E-state index is 5.97. The van der Waals surface area contributed by atoms with Crippen molar-refractivity contribution in [1.29, 1.82) is 0 Å². The Balaban J connectivity index is 2.18. The minimum atomic E-state index is 0.544. The maximum Gasteiger partial charge on any atom is 0.201 e. The van der Waals surface area contributed by atoms with E-state index in [1.807, 2.05) is 27.6 Å². The summed E-state index contributed by atoms with van der Waals surface area (Å²) in [5.74, 6) is 0.544. The van der Waals surface area contributed by atoms with Gasteiger partial charge in [0.15, 0.2) is 0 Å². The van der Waals surface area contributed by atoms with E-state index in [1.54, 1.807) is 11.3 Å². The molecule has 0 atom stereocenters. The summed E-state index contributed by atoms with van der Waals surface area (Å²) < 4.78 is 2.01. The number of benzene rings is 1. The highest BCUT2D eigenvalue weighted by atomic mass is 32.1. The number of thiazole rings is 1. The van der Waals surface area contributed by atoms with E-state index in [0.717, 1.165) is 16.7 Å². The summed E-state index contributed by atoms with van der Waals surface area (Å²) >= 11 is 1.59. The van der Waals surface area contributed by atoms with E-state index in [0.29, 0.717) is 12.5 Å². The number of nitrogens with two attached hydrogens (primary N) is 1. The zero-order valence-corrected chi connectivity index (χ0v) is 10.2. The van der Waals surface area contributed by atoms with E-state index in [-0.39, 0.29) is 0 Å². The third kappa shape index (κ3) is 1.68. The number of para-hydroxylation sites is 1. The second kappa shape index (κ2) is 3.85. The SMILES string of the molecule is Cc1cccc2nc(N)n(Cc3cscn3)c12. The average molecular weight is 244 g/mol. The number of nitrogens with zero attached hydrogens (tertiary/aromatic N) is 3. The van der Waals surface area contributed by atoms with Crippen LogP contribution in [0.15, 0.2) is 29.1 Å². The zero-order valence-electron chi connectivity index (χ0n) is 9.42. The van der Waals surface area contributed by atoms with Crippen molar-refractivity contribution in [2.75, 3.05) is 5.73 Å². The summed E-state index contributed by atoms with van der Waals surface area (Å²) in [6.07, 6.45) is 0. The Morgan fingerprint density at radius 3 is 3.06 bits per heavy atom. The molecule has 2 heterocycles. The molecule has 0 saturated carbocycles. The number of imidazole rings is 1. The monoisotopic (exact) mass is 244 g/mol. The minimum Gasteiger partial charge on any atom is -0.369 e. The largest absolute Gasteiger partial charge is 0.369 e. The molecule has 0 aliphatic rings. The van der Waals surface area contributed by atoms with Crippen molar-refractivity contribution in [1.82, 2.24) is 14.5 Å². The molecule has 2 N–H and O–H groups in total. The second-order valence-corrected chi connectivity index (χ2v) is 4.70. The molecule has 0 radical (unpaired) electrons. The molecule has 3 rings (SSSR count). The zero-order chi connectivity index (χ0) is 11.8. The van der Waals surface area contributed by atoms with Gasteiger partial charge >= 0.3 is 0 Å². The number of anilines is 1. The molecular weight excluding hydrogens is 232 g/mol. The number of aromatic nitrogens is 3. The van der Waals surface area contributed by atoms with Gasteiger partial charge < -0.3 is 10.3 Å². The topological polar surface area (TPSA) is 56.7 Å². The Morgan fingerprint density at radius 2 is 2.29 bits per heavy atom. The molecule has 0 saturated heterocycles. The number of rotatable bonds is 2. The summed E-state index contributed by atoms with van der Waals surface area (Å²) in [6.45, 7) is 2.75. The van der Waals surface area contributed by atoms with Crippen molar-refractivity contribution in [2.45, 2.75) is 13.5 Å². The fourth-order valence-electron chi connectivity index (χ4n) is 2.02. The van der Waals surface area contributed by atoms with Crippen LogP contribution in [0, 0.1) is 6.92 Å². The van der Waals surface area contributed by atoms with Gasteiger partial charge in [-0.3, -0.25) is 0 Å². The van der Waals surface area contributed by atoms with Crippen molar-refractivity contribution in [2.24, 2.45) is 0 Å². The smallest absolute Gasteiger partial charge is 0.201 e. The summed E-state index contributed by atoms with van der Waals surface area (Å²) in [6, 6.07) is 6.05. The molecule has 0 bridgehead atoms. The summed E-state index contributed by atoms with van der Waals surface area (Å²) in [7, 11) is 0. The van der Waals surface area contributed by atoms with Crippen LogP contribution in [0.5, 0.6) is 0 Å². The summed E-state index contributed by atoms with van der Waals surface area (Å²) in [5.41, 5.74) is 12.0. The van der Waals surface area contributed by atoms with Crippen molar-refractivity contribution in [3.63, 3.8) is 0 Å². The number of nitrogen functional groups attached to an aromatic ring is 1. The van der Waals surface area contributed by atoms with E-state index >= 15 is 0 Å². The van der Waals surface area contributed by atoms with Crippen LogP contribution >= 0.6 is 11.3 Å². The first-order chi connectivity index (χ1) is 8.25. The van der Waals surface area contributed by atoms with E-state index in [9.17, 15) is 0 Å². The molecule has 0 unspecified atom stereocenters. The van der Waals surface area contributed by atoms with Crippen molar-refractivity contribution < 1.29 is 0 Å². The Hall–Kier alpha value is -1.88. The van der Waals surface area contributed by atoms with Gasteiger partial charge in [0.2, 0.25) is 5.95 Å². The van der Waals surface area contributed by atoms with Gasteiger partial charge in [0, 0.05) is 5.38 Å². The lowest BCUT2D eigenvalue weighted by molar-refractivity contribution is 0.814. The first-order valence-corrected chi connectivity index (χ1v) is 6.28. The van der Waals surface area contributed by atoms with Crippen LogP contribution in [-0.2, 0) is 6.54 Å². The molecule has 0 aliphatic heterocycles. The van der Waals surface area contributed by atoms with Crippen LogP contribution < -0.4 is 5.73 Å². The standard InChI is InChI=1S/C12H12N4S/c1-8-3-2-4-10-11(8)16(12(13)15-10)5-9-6-17-7-14-9/h2-4,6-7H,5H2,1H3,(H2,13,15). The highest BCUT2D eigenvalue weighted by Crippen LogP contribution is 2.22. The average Bonchev–Trinajstić information content (AvgIpc) is 2.89. The van der Waals surface area contributed by atoms with E-state index < -0.39 is 0 Å². The number of hydrogen-bond donors (Lipinski definition) is 1. The molecule has 0 aliphatic carbocycles. The fourth-order valence-corrected chi connectivity index (χ4v) is 2.57. The Bertz CT molecular complexity index is 655. The van der Waals surface area contributed by atoms with Crippen molar-refractivity contribution in [3.8, 4) is 0 Å². The summed E-state index contributed by atoms with van der Waals surface area (Å²) in [5, 5.41) is 2.03. The highest BCUT2D eigenvalue weighted by molar-refractivity contribution is 7.07. The molecular formula is C12H12N4S. The van der Waals surface area contributed by atoms with E-state index in [1.165, 1.54) is 5.56 Å². The third-order valence-electron chi connectivity index (χ3n) is 2.80. The first-order valence-electron chi connectivity index (χ1n) is 5.34. The second-order valence-electron chi connectivity index (χ2n) is 3.98. The summed E-state index contributed by atoms with van der Waals surface area (Å²) in [4.78, 5) is 8.65. The van der Waals surface area contributed by atoms with Gasteiger partial charge in [0.25, 0.3) is 0 Å². The highest BCUT2D eigenvalue weighted by Gasteiger charge is 2.10. The lowest BCUT2D eigenvalue weighted by Crippen LogP contribution is -2.05. The molecule has 0 spiro atoms. The van der Waals surface area contributed by atoms with Crippen LogP contribution in [0.2, 0.25) is 0 Å². The van der Waals surface area contributed by atoms with Gasteiger partial charge in [-0.25, -0.2) is 9.97 Å². The van der Waals surface area contributed by atoms with Crippen molar-refractivity contribution >= 4 is 28.3 Å². The van der Waals surface area contributed by atoms with E-state index in [2.05, 4.69) is 23.0 Å². The predicted octanol–water partition coefficient (Wildman–Crippen LogP) is 2.43. The normalized spacial score (nSPS) is 11.1. The molecule has 17 heavy (non-hydrogen) atoms. The lowest BCUT2D eigenvalue weighted by Gasteiger charge is -2.05. The van der Waals surface area contributed by atoms with E-state index in [4.69, 9.17) is 5.73 Å². The Labute approximate surface area is 103 Å². The van der Waals surface area contributed by atoms with Gasteiger partial charge in [-0.1, -0.05) is 12.1 Å². The molecule has 0 amide bonds. The van der Waals surface area contributed by atoms with Crippen LogP contribution in [-0.4, -0.2) is 14.5 Å². The number of hydrogen-bond acceptors (Lipinski definition) is 4. The molecule has 5 heteroatoms. The number of fused-ring (bicyclic) bond motifs is 1. The van der Waals surface area contributed by atoms with Crippen LogP contribution in [0.25, 0.3) is 11.0 Å². The molecule has 2 aromatic heterocycles. The quantitative estimate of drug-likeness (QED) is 0.753. The lowest BCUT2D eigenvalue weighted by atomic mass is 10.2. The molecule has 0 fully saturated rings. The molecule has 1 aromatic carbocycles. The molecule has 86 valence electrons. The van der Waals surface area contributed by atoms with Crippen LogP contribution in [0.1, 0.15) is 11.3 Å². The maximum absolute atomic E-state index is 5.97. The van der Waals surface area contributed by atoms with Crippen LogP contribution in [0.4, 0.5) is 5.95 Å². The Kier molecular flexibility index (Phi) is 2.33. The fraction of sp³-hybridized carbons (Fsp3) is 0.167. The third-order valence-corrected chi connectivity index (χ3v) is 3.44. The molecule has 3 aromatic rings. The Morgan fingerprint density at radius 1 is 1.41 bits per heavy atom. The first kappa shape index (κ1) is 10.3.